The van der Waals surface area contributed by atoms with Crippen molar-refractivity contribution in [3.8, 4) is 5.82 Å². The number of nitro benzene ring substituents is 1. The Morgan fingerprint density at radius 2 is 2.08 bits per heavy atom. The molecule has 1 aromatic carbocycles. The van der Waals surface area contributed by atoms with E-state index >= 15 is 0 Å². The fourth-order valence-corrected chi connectivity index (χ4v) is 2.96. The number of nitrogens with one attached hydrogen (secondary N) is 1. The highest BCUT2D eigenvalue weighted by molar-refractivity contribution is 9.10. The van der Waals surface area contributed by atoms with Crippen molar-refractivity contribution in [2.24, 2.45) is 0 Å². The number of hydrogen-bond acceptors (Lipinski definition) is 5. The summed E-state index contributed by atoms with van der Waals surface area (Å²) in [6.07, 6.45) is 3.08. The molecule has 0 fully saturated rings. The number of carbonyl (C=O) groups excluding carboxylic acids is 1. The van der Waals surface area contributed by atoms with Crippen LogP contribution in [0.3, 0.4) is 0 Å². The van der Waals surface area contributed by atoms with E-state index in [-0.39, 0.29) is 5.69 Å². The molecule has 0 radical (unpaired) electrons. The van der Waals surface area contributed by atoms with Gasteiger partial charge in [-0.05, 0) is 32.0 Å². The zero-order valence-electron chi connectivity index (χ0n) is 13.9. The summed E-state index contributed by atoms with van der Waals surface area (Å²) in [6, 6.07) is 8.42. The summed E-state index contributed by atoms with van der Waals surface area (Å²) >= 11 is 3.23. The maximum Gasteiger partial charge on any atom is 0.275 e. The quantitative estimate of drug-likeness (QED) is 0.515. The van der Waals surface area contributed by atoms with Gasteiger partial charge in [0, 0.05) is 16.7 Å². The van der Waals surface area contributed by atoms with Gasteiger partial charge < -0.3 is 5.32 Å². The average Bonchev–Trinajstić information content (AvgIpc) is 3.00. The van der Waals surface area contributed by atoms with E-state index in [2.05, 4.69) is 31.3 Å². The second-order valence-corrected chi connectivity index (χ2v) is 6.47. The first-order chi connectivity index (χ1) is 12.4. The van der Waals surface area contributed by atoms with Gasteiger partial charge in [-0.1, -0.05) is 22.0 Å². The Balaban J connectivity index is 1.93. The molecule has 0 atom stereocenters. The van der Waals surface area contributed by atoms with Crippen molar-refractivity contribution >= 4 is 33.2 Å². The van der Waals surface area contributed by atoms with E-state index in [0.717, 1.165) is 0 Å². The Bertz CT molecular complexity index is 1000. The molecule has 2 heterocycles. The first kappa shape index (κ1) is 17.7. The summed E-state index contributed by atoms with van der Waals surface area (Å²) in [4.78, 5) is 27.5. The van der Waals surface area contributed by atoms with Crippen LogP contribution < -0.4 is 5.32 Å². The Labute approximate surface area is 157 Å². The largest absolute Gasteiger partial charge is 0.321 e. The minimum atomic E-state index is -0.486. The number of nitro groups is 1. The molecule has 0 saturated heterocycles. The van der Waals surface area contributed by atoms with Crippen LogP contribution in [0.2, 0.25) is 0 Å². The van der Waals surface area contributed by atoms with Crippen molar-refractivity contribution in [3.63, 3.8) is 0 Å². The third-order valence-corrected chi connectivity index (χ3v) is 4.37. The summed E-state index contributed by atoms with van der Waals surface area (Å²) in [7, 11) is 0. The maximum atomic E-state index is 12.7. The van der Waals surface area contributed by atoms with Gasteiger partial charge in [0.05, 0.1) is 33.6 Å². The lowest BCUT2D eigenvalue weighted by Gasteiger charge is -2.10. The lowest BCUT2D eigenvalue weighted by molar-refractivity contribution is -0.385. The minimum Gasteiger partial charge on any atom is -0.321 e. The maximum absolute atomic E-state index is 12.7. The van der Waals surface area contributed by atoms with Gasteiger partial charge >= 0.3 is 0 Å². The molecule has 0 aliphatic carbocycles. The molecule has 2 aromatic heterocycles. The summed E-state index contributed by atoms with van der Waals surface area (Å²) in [5, 5.41) is 18.1. The van der Waals surface area contributed by atoms with Crippen molar-refractivity contribution in [1.82, 2.24) is 14.8 Å². The number of amides is 1. The van der Waals surface area contributed by atoms with E-state index in [1.165, 1.54) is 12.3 Å². The molecule has 3 aromatic rings. The number of benzene rings is 1. The number of pyridine rings is 1. The molecule has 0 aliphatic rings. The molecule has 132 valence electrons. The van der Waals surface area contributed by atoms with Crippen molar-refractivity contribution in [1.29, 1.82) is 0 Å². The van der Waals surface area contributed by atoms with E-state index in [1.54, 1.807) is 42.9 Å². The van der Waals surface area contributed by atoms with Gasteiger partial charge in [0.25, 0.3) is 11.6 Å². The molecule has 26 heavy (non-hydrogen) atoms. The predicted molar refractivity (Wildman–Crippen MR) is 99.6 cm³/mol. The van der Waals surface area contributed by atoms with Crippen LogP contribution in [0.25, 0.3) is 5.82 Å². The van der Waals surface area contributed by atoms with Gasteiger partial charge in [0.1, 0.15) is 0 Å². The summed E-state index contributed by atoms with van der Waals surface area (Å²) < 4.78 is 2.07. The summed E-state index contributed by atoms with van der Waals surface area (Å²) in [5.74, 6) is 0.193. The topological polar surface area (TPSA) is 103 Å². The number of hydrogen-bond donors (Lipinski definition) is 1. The van der Waals surface area contributed by atoms with E-state index in [9.17, 15) is 14.9 Å². The predicted octanol–water partition coefficient (Wildman–Crippen LogP) is 3.81. The minimum absolute atomic E-state index is 0.0735. The van der Waals surface area contributed by atoms with Crippen LogP contribution in [0.1, 0.15) is 21.6 Å². The van der Waals surface area contributed by atoms with Crippen molar-refractivity contribution in [3.05, 3.63) is 74.1 Å². The fraction of sp³-hybridized carbons (Fsp3) is 0.118. The van der Waals surface area contributed by atoms with Crippen molar-refractivity contribution in [2.45, 2.75) is 13.8 Å². The highest BCUT2D eigenvalue weighted by Gasteiger charge is 2.20. The van der Waals surface area contributed by atoms with Gasteiger partial charge in [-0.2, -0.15) is 5.10 Å². The standard InChI is InChI=1S/C17H14BrN5O3/c1-10-14(7-12(18)8-15(10)23(25)26)21-17(24)13-9-20-22(11(13)2)16-5-3-4-6-19-16/h3-9H,1-2H3,(H,21,24). The van der Waals surface area contributed by atoms with Crippen molar-refractivity contribution < 1.29 is 9.72 Å². The van der Waals surface area contributed by atoms with Gasteiger partial charge in [-0.15, -0.1) is 0 Å². The molecular weight excluding hydrogens is 402 g/mol. The molecule has 1 N–H and O–H groups in total. The van der Waals surface area contributed by atoms with Crippen molar-refractivity contribution in [2.75, 3.05) is 5.32 Å². The molecule has 1 amide bonds. The summed E-state index contributed by atoms with van der Waals surface area (Å²) in [5.41, 5.74) is 1.64. The number of carbonyl (C=O) groups is 1. The smallest absolute Gasteiger partial charge is 0.275 e. The van der Waals surface area contributed by atoms with E-state index < -0.39 is 10.8 Å². The van der Waals surface area contributed by atoms with Crippen LogP contribution in [-0.2, 0) is 0 Å². The number of nitrogens with zero attached hydrogens (tertiary/aromatic N) is 4. The van der Waals surface area contributed by atoms with Crippen LogP contribution in [0.5, 0.6) is 0 Å². The number of anilines is 1. The highest BCUT2D eigenvalue weighted by atomic mass is 79.9. The lowest BCUT2D eigenvalue weighted by Crippen LogP contribution is -2.14. The molecule has 9 heteroatoms. The van der Waals surface area contributed by atoms with Gasteiger partial charge in [-0.25, -0.2) is 9.67 Å². The SMILES string of the molecule is Cc1c(NC(=O)c2cnn(-c3ccccn3)c2C)cc(Br)cc1[N+](=O)[O-]. The lowest BCUT2D eigenvalue weighted by atomic mass is 10.1. The number of aromatic nitrogens is 3. The average molecular weight is 416 g/mol. The Hall–Kier alpha value is -3.07. The van der Waals surface area contributed by atoms with Gasteiger partial charge in [0.15, 0.2) is 5.82 Å². The Morgan fingerprint density at radius 3 is 2.73 bits per heavy atom. The first-order valence-electron chi connectivity index (χ1n) is 7.60. The highest BCUT2D eigenvalue weighted by Crippen LogP contribution is 2.30. The van der Waals surface area contributed by atoms with Gasteiger partial charge in [-0.3, -0.25) is 14.9 Å². The molecule has 3 rings (SSSR count). The second kappa shape index (κ2) is 7.04. The fourth-order valence-electron chi connectivity index (χ4n) is 2.52. The third kappa shape index (κ3) is 3.33. The van der Waals surface area contributed by atoms with Crippen LogP contribution >= 0.6 is 15.9 Å². The van der Waals surface area contributed by atoms with Crippen LogP contribution in [0.4, 0.5) is 11.4 Å². The van der Waals surface area contributed by atoms with Crippen LogP contribution in [0.15, 0.2) is 47.2 Å². The molecule has 8 nitrogen and oxygen atoms in total. The molecule has 0 bridgehead atoms. The monoisotopic (exact) mass is 415 g/mol. The Morgan fingerprint density at radius 1 is 1.31 bits per heavy atom. The van der Waals surface area contributed by atoms with Gasteiger partial charge in [0.2, 0.25) is 0 Å². The second-order valence-electron chi connectivity index (χ2n) is 5.55. The molecule has 0 aliphatic heterocycles. The van der Waals surface area contributed by atoms with E-state index in [4.69, 9.17) is 0 Å². The van der Waals surface area contributed by atoms with Crippen LogP contribution in [-0.4, -0.2) is 25.6 Å². The van der Waals surface area contributed by atoms with Crippen LogP contribution in [0, 0.1) is 24.0 Å². The normalized spacial score (nSPS) is 10.6. The zero-order chi connectivity index (χ0) is 18.8. The number of rotatable bonds is 4. The molecule has 0 spiro atoms. The number of halogens is 1. The van der Waals surface area contributed by atoms with E-state index in [1.807, 2.05) is 6.07 Å². The summed E-state index contributed by atoms with van der Waals surface area (Å²) in [6.45, 7) is 3.34. The molecular formula is C17H14BrN5O3. The Kier molecular flexibility index (Phi) is 4.81. The molecule has 0 unspecified atom stereocenters. The third-order valence-electron chi connectivity index (χ3n) is 3.91. The molecule has 0 saturated carbocycles. The van der Waals surface area contributed by atoms with E-state index in [0.29, 0.717) is 32.8 Å². The zero-order valence-corrected chi connectivity index (χ0v) is 15.5. The first-order valence-corrected chi connectivity index (χ1v) is 8.39.